The standard InChI is InChI=1S/C28H19NO7/c1-29(16-3-6-18(30)7-4-16)17-5-10-21-24(13-17)36-25-14-19(31)8-11-22(25)26(21)20-9-2-15(27(32)33)12-23(20)28(34)35/h2-14,30H,1H3,(H,32,33)(H,34,35). The fourth-order valence-corrected chi connectivity index (χ4v) is 4.26. The normalized spacial score (nSPS) is 11.0. The summed E-state index contributed by atoms with van der Waals surface area (Å²) >= 11 is 0. The van der Waals surface area contributed by atoms with Crippen LogP contribution in [-0.2, 0) is 0 Å². The van der Waals surface area contributed by atoms with E-state index in [0.29, 0.717) is 27.7 Å². The molecule has 0 atom stereocenters. The minimum absolute atomic E-state index is 0.147. The molecule has 0 bridgehead atoms. The number of carboxylic acid groups (broad SMARTS) is 2. The Morgan fingerprint density at radius 3 is 2.17 bits per heavy atom. The SMILES string of the molecule is CN(c1ccc(O)cc1)c1ccc2c(-c3ccc(C(=O)O)cc3C(=O)O)c3ccc(=O)cc-3oc2c1. The van der Waals surface area contributed by atoms with Crippen molar-refractivity contribution in [1.82, 2.24) is 0 Å². The first-order valence-electron chi connectivity index (χ1n) is 10.9. The smallest absolute Gasteiger partial charge is 0.336 e. The number of phenolic OH excluding ortho intramolecular Hbond substituents is 1. The van der Waals surface area contributed by atoms with Crippen molar-refractivity contribution < 1.29 is 29.3 Å². The highest BCUT2D eigenvalue weighted by Gasteiger charge is 2.23. The van der Waals surface area contributed by atoms with E-state index in [9.17, 15) is 29.7 Å². The van der Waals surface area contributed by atoms with Gasteiger partial charge in [-0.15, -0.1) is 0 Å². The molecule has 0 unspecified atom stereocenters. The van der Waals surface area contributed by atoms with Crippen molar-refractivity contribution in [3.05, 3.63) is 100 Å². The van der Waals surface area contributed by atoms with Crippen LogP contribution in [0.2, 0.25) is 0 Å². The van der Waals surface area contributed by atoms with Crippen molar-refractivity contribution in [3.8, 4) is 28.2 Å². The van der Waals surface area contributed by atoms with E-state index in [1.54, 1.807) is 42.5 Å². The zero-order chi connectivity index (χ0) is 25.6. The van der Waals surface area contributed by atoms with Crippen LogP contribution in [0.5, 0.6) is 5.75 Å². The molecule has 3 aromatic rings. The number of aromatic carboxylic acids is 2. The lowest BCUT2D eigenvalue weighted by Gasteiger charge is -2.21. The largest absolute Gasteiger partial charge is 0.508 e. The van der Waals surface area contributed by atoms with Crippen LogP contribution in [0.4, 0.5) is 11.4 Å². The van der Waals surface area contributed by atoms with Gasteiger partial charge in [0.25, 0.3) is 0 Å². The first-order chi connectivity index (χ1) is 17.2. The fraction of sp³-hybridized carbons (Fsp3) is 0.0357. The van der Waals surface area contributed by atoms with E-state index in [4.69, 9.17) is 4.42 Å². The summed E-state index contributed by atoms with van der Waals surface area (Å²) in [5, 5.41) is 29.4. The highest BCUT2D eigenvalue weighted by molar-refractivity contribution is 6.09. The van der Waals surface area contributed by atoms with Gasteiger partial charge in [-0.25, -0.2) is 9.59 Å². The van der Waals surface area contributed by atoms with Crippen molar-refractivity contribution in [2.24, 2.45) is 0 Å². The Labute approximate surface area is 204 Å². The Balaban J connectivity index is 1.79. The predicted octanol–water partition coefficient (Wildman–Crippen LogP) is 5.43. The van der Waals surface area contributed by atoms with E-state index in [-0.39, 0.29) is 28.1 Å². The number of aromatic hydroxyl groups is 1. The molecule has 36 heavy (non-hydrogen) atoms. The van der Waals surface area contributed by atoms with Gasteiger partial charge in [0.2, 0.25) is 0 Å². The van der Waals surface area contributed by atoms with Crippen LogP contribution >= 0.6 is 0 Å². The molecule has 0 amide bonds. The zero-order valence-corrected chi connectivity index (χ0v) is 18.9. The van der Waals surface area contributed by atoms with E-state index in [1.165, 1.54) is 24.3 Å². The average molecular weight is 481 g/mol. The number of nitrogens with zero attached hydrogens (tertiary/aromatic N) is 1. The minimum Gasteiger partial charge on any atom is -0.508 e. The molecule has 0 fully saturated rings. The molecule has 8 nitrogen and oxygen atoms in total. The maximum Gasteiger partial charge on any atom is 0.336 e. The quantitative estimate of drug-likeness (QED) is 0.283. The van der Waals surface area contributed by atoms with Crippen LogP contribution in [0, 0.1) is 0 Å². The van der Waals surface area contributed by atoms with Crippen LogP contribution in [0.15, 0.2) is 88.1 Å². The molecule has 0 saturated carbocycles. The zero-order valence-electron chi connectivity index (χ0n) is 18.9. The molecular formula is C28H19NO7. The summed E-state index contributed by atoms with van der Waals surface area (Å²) < 4.78 is 6.09. The summed E-state index contributed by atoms with van der Waals surface area (Å²) in [4.78, 5) is 37.6. The lowest BCUT2D eigenvalue weighted by atomic mass is 9.90. The van der Waals surface area contributed by atoms with Gasteiger partial charge in [0.15, 0.2) is 5.43 Å². The van der Waals surface area contributed by atoms with E-state index in [0.717, 1.165) is 17.4 Å². The van der Waals surface area contributed by atoms with Crippen LogP contribution in [0.25, 0.3) is 33.4 Å². The Morgan fingerprint density at radius 2 is 1.47 bits per heavy atom. The van der Waals surface area contributed by atoms with Crippen molar-refractivity contribution in [2.45, 2.75) is 0 Å². The number of anilines is 2. The second kappa shape index (κ2) is 8.59. The van der Waals surface area contributed by atoms with E-state index in [2.05, 4.69) is 0 Å². The van der Waals surface area contributed by atoms with Gasteiger partial charge < -0.3 is 24.6 Å². The molecule has 0 spiro atoms. The number of hydrogen-bond acceptors (Lipinski definition) is 6. The summed E-state index contributed by atoms with van der Waals surface area (Å²) in [7, 11) is 1.85. The highest BCUT2D eigenvalue weighted by atomic mass is 16.4. The van der Waals surface area contributed by atoms with Crippen LogP contribution in [0.1, 0.15) is 20.7 Å². The first kappa shape index (κ1) is 22.7. The molecule has 3 N–H and O–H groups in total. The summed E-state index contributed by atoms with van der Waals surface area (Å²) in [5.41, 5.74) is 2.71. The van der Waals surface area contributed by atoms with E-state index >= 15 is 0 Å². The number of carbonyl (C=O) groups is 2. The summed E-state index contributed by atoms with van der Waals surface area (Å²) in [6, 6.07) is 20.3. The third kappa shape index (κ3) is 3.90. The van der Waals surface area contributed by atoms with Crippen molar-refractivity contribution >= 4 is 34.3 Å². The average Bonchev–Trinajstić information content (AvgIpc) is 2.86. The van der Waals surface area contributed by atoms with Crippen molar-refractivity contribution in [1.29, 1.82) is 0 Å². The second-order valence-electron chi connectivity index (χ2n) is 8.26. The number of benzene rings is 4. The summed E-state index contributed by atoms with van der Waals surface area (Å²) in [5.74, 6) is -2.10. The third-order valence-electron chi connectivity index (χ3n) is 6.07. The molecule has 0 saturated heterocycles. The molecule has 0 aromatic heterocycles. The Bertz CT molecular complexity index is 1690. The van der Waals surface area contributed by atoms with E-state index in [1.807, 2.05) is 18.0 Å². The van der Waals surface area contributed by atoms with Crippen LogP contribution < -0.4 is 10.3 Å². The molecule has 8 heteroatoms. The monoisotopic (exact) mass is 481 g/mol. The fourth-order valence-electron chi connectivity index (χ4n) is 4.26. The lowest BCUT2D eigenvalue weighted by molar-refractivity contribution is 0.0696. The topological polar surface area (TPSA) is 128 Å². The van der Waals surface area contributed by atoms with Gasteiger partial charge in [-0.1, -0.05) is 6.07 Å². The van der Waals surface area contributed by atoms with Gasteiger partial charge in [0, 0.05) is 47.1 Å². The number of phenols is 1. The molecule has 2 aliphatic rings. The lowest BCUT2D eigenvalue weighted by Crippen LogP contribution is -2.09. The molecular weight excluding hydrogens is 462 g/mol. The van der Waals surface area contributed by atoms with Crippen LogP contribution in [-0.4, -0.2) is 34.3 Å². The molecule has 0 radical (unpaired) electrons. The van der Waals surface area contributed by atoms with Gasteiger partial charge in [-0.2, -0.15) is 0 Å². The molecule has 1 aliphatic carbocycles. The van der Waals surface area contributed by atoms with Crippen molar-refractivity contribution in [2.75, 3.05) is 11.9 Å². The Hall–Kier alpha value is -5.11. The summed E-state index contributed by atoms with van der Waals surface area (Å²) in [6.07, 6.45) is 0. The molecule has 1 aliphatic heterocycles. The maximum absolute atomic E-state index is 12.1. The second-order valence-corrected chi connectivity index (χ2v) is 8.26. The molecule has 1 heterocycles. The molecule has 3 aromatic carbocycles. The van der Waals surface area contributed by atoms with Gasteiger partial charge in [-0.05, 0) is 66.2 Å². The maximum atomic E-state index is 12.1. The molecule has 178 valence electrons. The van der Waals surface area contributed by atoms with Crippen LogP contribution in [0.3, 0.4) is 0 Å². The van der Waals surface area contributed by atoms with Gasteiger partial charge >= 0.3 is 11.9 Å². The summed E-state index contributed by atoms with van der Waals surface area (Å²) in [6.45, 7) is 0. The number of hydrogen-bond donors (Lipinski definition) is 3. The number of fused-ring (bicyclic) bond motifs is 2. The number of rotatable bonds is 5. The number of carboxylic acids is 2. The third-order valence-corrected chi connectivity index (χ3v) is 6.07. The Morgan fingerprint density at radius 1 is 0.778 bits per heavy atom. The highest BCUT2D eigenvalue weighted by Crippen LogP contribution is 2.42. The minimum atomic E-state index is -1.28. The first-order valence-corrected chi connectivity index (χ1v) is 10.9. The van der Waals surface area contributed by atoms with Crippen molar-refractivity contribution in [3.63, 3.8) is 0 Å². The molecule has 5 rings (SSSR count). The van der Waals surface area contributed by atoms with E-state index < -0.39 is 11.9 Å². The predicted molar refractivity (Wildman–Crippen MR) is 135 cm³/mol. The van der Waals surface area contributed by atoms with Gasteiger partial charge in [0.05, 0.1) is 11.1 Å². The van der Waals surface area contributed by atoms with Gasteiger partial charge in [0.1, 0.15) is 17.1 Å². The Kier molecular flexibility index (Phi) is 5.41. The van der Waals surface area contributed by atoms with Gasteiger partial charge in [-0.3, -0.25) is 4.79 Å².